The van der Waals surface area contributed by atoms with Gasteiger partial charge in [-0.1, -0.05) is 0 Å². The molecule has 0 aliphatic heterocycles. The standard InChI is InChI=1S/C9H20N2O2/c1-8(2,3)11(7(12)13)6-9(4,5)10/h6,10H2,1-5H3,(H,12,13). The zero-order chi connectivity index (χ0) is 10.9. The Bertz CT molecular complexity index is 189. The van der Waals surface area contributed by atoms with Crippen LogP contribution in [0.2, 0.25) is 0 Å². The number of hydrogen-bond donors (Lipinski definition) is 2. The van der Waals surface area contributed by atoms with Gasteiger partial charge in [0.25, 0.3) is 0 Å². The van der Waals surface area contributed by atoms with Gasteiger partial charge in [-0.2, -0.15) is 0 Å². The molecule has 78 valence electrons. The van der Waals surface area contributed by atoms with Crippen LogP contribution in [0.15, 0.2) is 0 Å². The first-order chi connectivity index (χ1) is 5.54. The number of hydrogen-bond acceptors (Lipinski definition) is 2. The van der Waals surface area contributed by atoms with E-state index in [0.717, 1.165) is 0 Å². The largest absolute Gasteiger partial charge is 0.465 e. The molecule has 0 unspecified atom stereocenters. The zero-order valence-electron chi connectivity index (χ0n) is 9.09. The van der Waals surface area contributed by atoms with Gasteiger partial charge in [-0.15, -0.1) is 0 Å². The quantitative estimate of drug-likeness (QED) is 0.690. The number of nitrogens with zero attached hydrogens (tertiary/aromatic N) is 1. The summed E-state index contributed by atoms with van der Waals surface area (Å²) in [5.41, 5.74) is 4.87. The monoisotopic (exact) mass is 188 g/mol. The highest BCUT2D eigenvalue weighted by atomic mass is 16.4. The molecule has 0 bridgehead atoms. The SMILES string of the molecule is CC(C)(N)CN(C(=O)O)C(C)(C)C. The Balaban J connectivity index is 4.56. The van der Waals surface area contributed by atoms with Crippen LogP contribution in [0.25, 0.3) is 0 Å². The van der Waals surface area contributed by atoms with E-state index in [1.165, 1.54) is 4.90 Å². The van der Waals surface area contributed by atoms with Crippen molar-refractivity contribution in [2.24, 2.45) is 5.73 Å². The first-order valence-electron chi connectivity index (χ1n) is 4.33. The Morgan fingerprint density at radius 2 is 1.69 bits per heavy atom. The first kappa shape index (κ1) is 12.2. The second-order valence-corrected chi connectivity index (χ2v) is 5.03. The second-order valence-electron chi connectivity index (χ2n) is 5.03. The Morgan fingerprint density at radius 3 is 1.77 bits per heavy atom. The van der Waals surface area contributed by atoms with Gasteiger partial charge in [-0.25, -0.2) is 4.79 Å². The van der Waals surface area contributed by atoms with E-state index in [2.05, 4.69) is 0 Å². The van der Waals surface area contributed by atoms with Gasteiger partial charge in [0.1, 0.15) is 0 Å². The van der Waals surface area contributed by atoms with Gasteiger partial charge >= 0.3 is 6.09 Å². The van der Waals surface area contributed by atoms with Crippen LogP contribution in [0.5, 0.6) is 0 Å². The minimum Gasteiger partial charge on any atom is -0.465 e. The summed E-state index contributed by atoms with van der Waals surface area (Å²) in [5, 5.41) is 8.94. The van der Waals surface area contributed by atoms with E-state index in [-0.39, 0.29) is 0 Å². The third-order valence-corrected chi connectivity index (χ3v) is 1.61. The third-order valence-electron chi connectivity index (χ3n) is 1.61. The van der Waals surface area contributed by atoms with E-state index in [9.17, 15) is 4.79 Å². The van der Waals surface area contributed by atoms with Gasteiger partial charge in [0, 0.05) is 17.6 Å². The van der Waals surface area contributed by atoms with Crippen LogP contribution in [0.1, 0.15) is 34.6 Å². The average Bonchev–Trinajstić information content (AvgIpc) is 1.77. The van der Waals surface area contributed by atoms with Gasteiger partial charge in [0.15, 0.2) is 0 Å². The van der Waals surface area contributed by atoms with E-state index in [4.69, 9.17) is 10.8 Å². The summed E-state index contributed by atoms with van der Waals surface area (Å²) < 4.78 is 0. The molecular weight excluding hydrogens is 168 g/mol. The maximum absolute atomic E-state index is 10.9. The van der Waals surface area contributed by atoms with Crippen molar-refractivity contribution >= 4 is 6.09 Å². The molecule has 0 saturated carbocycles. The number of carbonyl (C=O) groups is 1. The Labute approximate surface area is 79.7 Å². The summed E-state index contributed by atoms with van der Waals surface area (Å²) in [6.45, 7) is 9.53. The predicted molar refractivity (Wildman–Crippen MR) is 52.8 cm³/mol. The molecule has 1 amide bonds. The van der Waals surface area contributed by atoms with E-state index in [1.807, 2.05) is 34.6 Å². The molecule has 0 aliphatic rings. The summed E-state index contributed by atoms with van der Waals surface area (Å²) in [6.07, 6.45) is -0.925. The van der Waals surface area contributed by atoms with Crippen molar-refractivity contribution in [1.29, 1.82) is 0 Å². The van der Waals surface area contributed by atoms with Gasteiger partial charge < -0.3 is 15.7 Å². The van der Waals surface area contributed by atoms with Crippen molar-refractivity contribution in [3.63, 3.8) is 0 Å². The van der Waals surface area contributed by atoms with Gasteiger partial charge in [0.05, 0.1) is 0 Å². The maximum atomic E-state index is 10.9. The van der Waals surface area contributed by atoms with Crippen molar-refractivity contribution in [1.82, 2.24) is 4.90 Å². The van der Waals surface area contributed by atoms with Crippen LogP contribution in [0.4, 0.5) is 4.79 Å². The van der Waals surface area contributed by atoms with E-state index in [0.29, 0.717) is 6.54 Å². The first-order valence-corrected chi connectivity index (χ1v) is 4.33. The molecule has 13 heavy (non-hydrogen) atoms. The fourth-order valence-corrected chi connectivity index (χ4v) is 0.999. The lowest BCUT2D eigenvalue weighted by molar-refractivity contribution is 0.0876. The normalized spacial score (nSPS) is 12.8. The Morgan fingerprint density at radius 1 is 1.31 bits per heavy atom. The molecule has 4 heteroatoms. The summed E-state index contributed by atoms with van der Waals surface area (Å²) in [4.78, 5) is 12.2. The highest BCUT2D eigenvalue weighted by molar-refractivity contribution is 5.66. The lowest BCUT2D eigenvalue weighted by Crippen LogP contribution is -2.54. The van der Waals surface area contributed by atoms with Crippen LogP contribution in [0, 0.1) is 0 Å². The molecule has 0 heterocycles. The van der Waals surface area contributed by atoms with Crippen LogP contribution >= 0.6 is 0 Å². The number of nitrogens with two attached hydrogens (primary N) is 1. The maximum Gasteiger partial charge on any atom is 0.407 e. The van der Waals surface area contributed by atoms with Crippen LogP contribution in [0.3, 0.4) is 0 Å². The zero-order valence-corrected chi connectivity index (χ0v) is 9.09. The van der Waals surface area contributed by atoms with E-state index in [1.54, 1.807) is 0 Å². The van der Waals surface area contributed by atoms with Gasteiger partial charge in [0.2, 0.25) is 0 Å². The molecule has 0 aromatic rings. The summed E-state index contributed by atoms with van der Waals surface area (Å²) in [6, 6.07) is 0. The van der Waals surface area contributed by atoms with Crippen molar-refractivity contribution in [2.45, 2.75) is 45.7 Å². The second kappa shape index (κ2) is 3.54. The van der Waals surface area contributed by atoms with Crippen molar-refractivity contribution in [3.8, 4) is 0 Å². The van der Waals surface area contributed by atoms with E-state index >= 15 is 0 Å². The lowest BCUT2D eigenvalue weighted by atomic mass is 10.0. The third kappa shape index (κ3) is 4.72. The fraction of sp³-hybridized carbons (Fsp3) is 0.889. The minimum absolute atomic E-state index is 0.339. The number of carboxylic acid groups (broad SMARTS) is 1. The topological polar surface area (TPSA) is 66.6 Å². The molecule has 0 fully saturated rings. The molecule has 0 rings (SSSR count). The smallest absolute Gasteiger partial charge is 0.407 e. The molecule has 0 aliphatic carbocycles. The Kier molecular flexibility index (Phi) is 3.33. The minimum atomic E-state index is -0.925. The van der Waals surface area contributed by atoms with Crippen LogP contribution < -0.4 is 5.73 Å². The average molecular weight is 188 g/mol. The Hall–Kier alpha value is -0.770. The molecule has 0 atom stereocenters. The van der Waals surface area contributed by atoms with Crippen molar-refractivity contribution < 1.29 is 9.90 Å². The highest BCUT2D eigenvalue weighted by Crippen LogP contribution is 2.16. The predicted octanol–water partition coefficient (Wildman–Crippen LogP) is 1.50. The summed E-state index contributed by atoms with van der Waals surface area (Å²) >= 11 is 0. The molecule has 4 nitrogen and oxygen atoms in total. The fourth-order valence-electron chi connectivity index (χ4n) is 0.999. The number of amides is 1. The van der Waals surface area contributed by atoms with Crippen molar-refractivity contribution in [3.05, 3.63) is 0 Å². The highest BCUT2D eigenvalue weighted by Gasteiger charge is 2.29. The van der Waals surface area contributed by atoms with Gasteiger partial charge in [-0.05, 0) is 34.6 Å². The summed E-state index contributed by atoms with van der Waals surface area (Å²) in [5.74, 6) is 0. The van der Waals surface area contributed by atoms with Crippen LogP contribution in [-0.2, 0) is 0 Å². The molecule has 0 radical (unpaired) electrons. The molecule has 0 saturated heterocycles. The summed E-state index contributed by atoms with van der Waals surface area (Å²) in [7, 11) is 0. The molecule has 0 spiro atoms. The van der Waals surface area contributed by atoms with Crippen molar-refractivity contribution in [2.75, 3.05) is 6.54 Å². The molecular formula is C9H20N2O2. The molecule has 0 aromatic heterocycles. The molecule has 0 aromatic carbocycles. The molecule has 3 N–H and O–H groups in total. The van der Waals surface area contributed by atoms with Gasteiger partial charge in [-0.3, -0.25) is 0 Å². The lowest BCUT2D eigenvalue weighted by Gasteiger charge is -2.37. The number of rotatable bonds is 2. The van der Waals surface area contributed by atoms with E-state index < -0.39 is 17.2 Å². The van der Waals surface area contributed by atoms with Crippen LogP contribution in [-0.4, -0.2) is 33.7 Å².